The van der Waals surface area contributed by atoms with E-state index >= 15 is 0 Å². The quantitative estimate of drug-likeness (QED) is 0.732. The molecule has 1 atom stereocenters. The number of hydrogen-bond donors (Lipinski definition) is 1. The summed E-state index contributed by atoms with van der Waals surface area (Å²) < 4.78 is 0.463. The summed E-state index contributed by atoms with van der Waals surface area (Å²) in [4.78, 5) is 0. The van der Waals surface area contributed by atoms with E-state index in [1.165, 1.54) is 31.4 Å². The molecule has 1 saturated heterocycles. The van der Waals surface area contributed by atoms with E-state index in [9.17, 15) is 0 Å². The van der Waals surface area contributed by atoms with Gasteiger partial charge in [-0.05, 0) is 37.4 Å². The largest absolute Gasteiger partial charge is 0.329 e. The smallest absolute Gasteiger partial charge is 0.0282 e. The first kappa shape index (κ1) is 10.4. The standard InChI is InChI=1S/C10H21NS/c1-9(2)4-6-10(8-11)5-3-7-12-10/h9H,3-8,11H2,1-2H3. The summed E-state index contributed by atoms with van der Waals surface area (Å²) in [5.74, 6) is 2.16. The predicted octanol–water partition coefficient (Wildman–Crippen LogP) is 2.65. The van der Waals surface area contributed by atoms with E-state index in [1.807, 2.05) is 0 Å². The van der Waals surface area contributed by atoms with Crippen molar-refractivity contribution in [3.8, 4) is 0 Å². The Labute approximate surface area is 80.5 Å². The molecule has 0 aromatic rings. The Kier molecular flexibility index (Phi) is 3.91. The fraction of sp³-hybridized carbons (Fsp3) is 1.00. The van der Waals surface area contributed by atoms with Gasteiger partial charge in [-0.3, -0.25) is 0 Å². The molecule has 1 heterocycles. The molecule has 1 rings (SSSR count). The number of hydrogen-bond acceptors (Lipinski definition) is 2. The van der Waals surface area contributed by atoms with E-state index in [-0.39, 0.29) is 0 Å². The lowest BCUT2D eigenvalue weighted by molar-refractivity contribution is 0.454. The van der Waals surface area contributed by atoms with Crippen molar-refractivity contribution in [3.63, 3.8) is 0 Å². The molecule has 0 aromatic carbocycles. The zero-order chi connectivity index (χ0) is 9.03. The average molecular weight is 187 g/mol. The minimum Gasteiger partial charge on any atom is -0.329 e. The first-order chi connectivity index (χ1) is 5.68. The molecule has 0 amide bonds. The average Bonchev–Trinajstić information content (AvgIpc) is 2.50. The molecule has 1 aliphatic rings. The second-order valence-electron chi connectivity index (χ2n) is 4.27. The second-order valence-corrected chi connectivity index (χ2v) is 5.83. The first-order valence-corrected chi connectivity index (χ1v) is 6.01. The van der Waals surface area contributed by atoms with Gasteiger partial charge in [0, 0.05) is 11.3 Å². The lowest BCUT2D eigenvalue weighted by atomic mass is 9.93. The summed E-state index contributed by atoms with van der Waals surface area (Å²) >= 11 is 2.11. The molecule has 0 aliphatic carbocycles. The maximum absolute atomic E-state index is 5.83. The fourth-order valence-electron chi connectivity index (χ4n) is 1.77. The van der Waals surface area contributed by atoms with Gasteiger partial charge in [0.25, 0.3) is 0 Å². The van der Waals surface area contributed by atoms with Crippen LogP contribution in [-0.4, -0.2) is 17.0 Å². The summed E-state index contributed by atoms with van der Waals surface area (Å²) in [5.41, 5.74) is 5.83. The van der Waals surface area contributed by atoms with Crippen LogP contribution in [0.3, 0.4) is 0 Å². The van der Waals surface area contributed by atoms with Crippen molar-refractivity contribution in [3.05, 3.63) is 0 Å². The van der Waals surface area contributed by atoms with E-state index in [1.54, 1.807) is 0 Å². The van der Waals surface area contributed by atoms with Crippen LogP contribution in [0.5, 0.6) is 0 Å². The highest BCUT2D eigenvalue weighted by Crippen LogP contribution is 2.41. The predicted molar refractivity (Wildman–Crippen MR) is 57.5 cm³/mol. The molecule has 2 N–H and O–H groups in total. The van der Waals surface area contributed by atoms with Crippen LogP contribution < -0.4 is 5.73 Å². The van der Waals surface area contributed by atoms with Crippen LogP contribution in [0, 0.1) is 5.92 Å². The van der Waals surface area contributed by atoms with Crippen molar-refractivity contribution in [1.82, 2.24) is 0 Å². The van der Waals surface area contributed by atoms with Gasteiger partial charge in [-0.15, -0.1) is 0 Å². The third-order valence-corrected chi connectivity index (χ3v) is 4.41. The summed E-state index contributed by atoms with van der Waals surface area (Å²) in [5, 5.41) is 0. The minimum absolute atomic E-state index is 0.463. The highest BCUT2D eigenvalue weighted by molar-refractivity contribution is 8.00. The van der Waals surface area contributed by atoms with Crippen molar-refractivity contribution >= 4 is 11.8 Å². The van der Waals surface area contributed by atoms with E-state index in [0.717, 1.165) is 12.5 Å². The van der Waals surface area contributed by atoms with Gasteiger partial charge in [0.05, 0.1) is 0 Å². The molecule has 1 nitrogen and oxygen atoms in total. The molecule has 0 bridgehead atoms. The molecule has 12 heavy (non-hydrogen) atoms. The zero-order valence-electron chi connectivity index (χ0n) is 8.31. The Balaban J connectivity index is 2.34. The lowest BCUT2D eigenvalue weighted by Gasteiger charge is -2.26. The first-order valence-electron chi connectivity index (χ1n) is 5.02. The summed E-state index contributed by atoms with van der Waals surface area (Å²) in [6.45, 7) is 5.47. The Hall–Kier alpha value is 0.310. The van der Waals surface area contributed by atoms with Crippen molar-refractivity contribution < 1.29 is 0 Å². The fourth-order valence-corrected chi connectivity index (χ4v) is 3.16. The lowest BCUT2D eigenvalue weighted by Crippen LogP contribution is -2.31. The van der Waals surface area contributed by atoms with Crippen LogP contribution in [0.1, 0.15) is 39.5 Å². The van der Waals surface area contributed by atoms with E-state index in [4.69, 9.17) is 5.73 Å². The molecule has 0 spiro atoms. The van der Waals surface area contributed by atoms with Crippen molar-refractivity contribution in [1.29, 1.82) is 0 Å². The molecule has 2 heteroatoms. The van der Waals surface area contributed by atoms with Crippen LogP contribution in [0.4, 0.5) is 0 Å². The summed E-state index contributed by atoms with van der Waals surface area (Å²) in [7, 11) is 0. The third kappa shape index (κ3) is 2.67. The van der Waals surface area contributed by atoms with Crippen LogP contribution >= 0.6 is 11.8 Å². The molecular weight excluding hydrogens is 166 g/mol. The van der Waals surface area contributed by atoms with E-state index < -0.39 is 0 Å². The third-order valence-electron chi connectivity index (χ3n) is 2.73. The second kappa shape index (κ2) is 4.52. The van der Waals surface area contributed by atoms with Crippen molar-refractivity contribution in [2.45, 2.75) is 44.3 Å². The van der Waals surface area contributed by atoms with Crippen molar-refractivity contribution in [2.24, 2.45) is 11.7 Å². The van der Waals surface area contributed by atoms with Crippen LogP contribution in [0.15, 0.2) is 0 Å². The number of thioether (sulfide) groups is 1. The highest BCUT2D eigenvalue weighted by Gasteiger charge is 2.32. The Morgan fingerprint density at radius 3 is 2.67 bits per heavy atom. The molecule has 1 aliphatic heterocycles. The van der Waals surface area contributed by atoms with Gasteiger partial charge in [-0.25, -0.2) is 0 Å². The highest BCUT2D eigenvalue weighted by atomic mass is 32.2. The summed E-state index contributed by atoms with van der Waals surface area (Å²) in [6.07, 6.45) is 5.39. The Morgan fingerprint density at radius 1 is 1.50 bits per heavy atom. The zero-order valence-corrected chi connectivity index (χ0v) is 9.12. The van der Waals surface area contributed by atoms with Gasteiger partial charge in [0.1, 0.15) is 0 Å². The van der Waals surface area contributed by atoms with Gasteiger partial charge >= 0.3 is 0 Å². The van der Waals surface area contributed by atoms with Gasteiger partial charge in [0.2, 0.25) is 0 Å². The normalized spacial score (nSPS) is 30.0. The molecule has 0 saturated carbocycles. The van der Waals surface area contributed by atoms with Gasteiger partial charge in [-0.2, -0.15) is 11.8 Å². The van der Waals surface area contributed by atoms with Crippen LogP contribution in [-0.2, 0) is 0 Å². The molecule has 1 fully saturated rings. The monoisotopic (exact) mass is 187 g/mol. The van der Waals surface area contributed by atoms with Gasteiger partial charge in [-0.1, -0.05) is 13.8 Å². The molecule has 0 aromatic heterocycles. The SMILES string of the molecule is CC(C)CCC1(CN)CCCS1. The van der Waals surface area contributed by atoms with Gasteiger partial charge < -0.3 is 5.73 Å². The minimum atomic E-state index is 0.463. The Morgan fingerprint density at radius 2 is 2.25 bits per heavy atom. The molecule has 1 unspecified atom stereocenters. The maximum Gasteiger partial charge on any atom is 0.0282 e. The van der Waals surface area contributed by atoms with E-state index in [0.29, 0.717) is 4.75 Å². The number of nitrogens with two attached hydrogens (primary N) is 1. The molecule has 0 radical (unpaired) electrons. The van der Waals surface area contributed by atoms with Crippen LogP contribution in [0.2, 0.25) is 0 Å². The maximum atomic E-state index is 5.83. The topological polar surface area (TPSA) is 26.0 Å². The number of rotatable bonds is 4. The van der Waals surface area contributed by atoms with E-state index in [2.05, 4.69) is 25.6 Å². The molecule has 72 valence electrons. The molecular formula is C10H21NS. The van der Waals surface area contributed by atoms with Gasteiger partial charge in [0.15, 0.2) is 0 Å². The van der Waals surface area contributed by atoms with Crippen LogP contribution in [0.25, 0.3) is 0 Å². The summed E-state index contributed by atoms with van der Waals surface area (Å²) in [6, 6.07) is 0. The van der Waals surface area contributed by atoms with Crippen molar-refractivity contribution in [2.75, 3.05) is 12.3 Å². The Bertz CT molecular complexity index is 128.